The number of aliphatic hydroxyl groups is 4. The van der Waals surface area contributed by atoms with E-state index in [9.17, 15) is 39.6 Å². The van der Waals surface area contributed by atoms with Gasteiger partial charge in [-0.2, -0.15) is 0 Å². The van der Waals surface area contributed by atoms with Gasteiger partial charge in [-0.15, -0.1) is 0 Å². The molecule has 12 unspecified atom stereocenters. The molecule has 57 heavy (non-hydrogen) atoms. The number of hydrogen-bond acceptors (Lipinski definition) is 8. The third-order valence-corrected chi connectivity index (χ3v) is 14.2. The standard InChI is InChI=1S/4C11H20O3.Ti/c4*1-7(2)8-4-5-11(3,10(13)14)6-9(8)12;/h4*7-9,12H,4-6H2,1-3H3,(H,13,14);. The summed E-state index contributed by atoms with van der Waals surface area (Å²) in [7, 11) is 0. The number of aliphatic carboxylic acids is 4. The molecular weight excluding hydrogens is 768 g/mol. The number of carbonyl (C=O) groups is 4. The van der Waals surface area contributed by atoms with E-state index >= 15 is 0 Å². The van der Waals surface area contributed by atoms with Gasteiger partial charge in [0.15, 0.2) is 0 Å². The average Bonchev–Trinajstić information content (AvgIpc) is 3.04. The summed E-state index contributed by atoms with van der Waals surface area (Å²) in [5.74, 6) is -0.317. The molecular formula is C44H80O12Ti. The van der Waals surface area contributed by atoms with Crippen molar-refractivity contribution >= 4 is 23.9 Å². The van der Waals surface area contributed by atoms with Gasteiger partial charge in [-0.3, -0.25) is 19.2 Å². The van der Waals surface area contributed by atoms with E-state index < -0.39 is 70.0 Å². The van der Waals surface area contributed by atoms with E-state index in [4.69, 9.17) is 20.4 Å². The molecule has 4 aliphatic rings. The van der Waals surface area contributed by atoms with Crippen molar-refractivity contribution in [3.8, 4) is 0 Å². The van der Waals surface area contributed by atoms with E-state index in [2.05, 4.69) is 55.4 Å². The third-order valence-electron chi connectivity index (χ3n) is 14.2. The molecule has 4 fully saturated rings. The van der Waals surface area contributed by atoms with Crippen molar-refractivity contribution in [2.24, 2.45) is 69.0 Å². The summed E-state index contributed by atoms with van der Waals surface area (Å²) in [6.45, 7) is 23.6. The molecule has 0 bridgehead atoms. The molecule has 0 aromatic rings. The van der Waals surface area contributed by atoms with Crippen LogP contribution in [0.2, 0.25) is 0 Å². The van der Waals surface area contributed by atoms with Gasteiger partial charge in [0, 0.05) is 21.7 Å². The first-order valence-electron chi connectivity index (χ1n) is 21.1. The van der Waals surface area contributed by atoms with E-state index in [1.807, 2.05) is 0 Å². The smallest absolute Gasteiger partial charge is 0.309 e. The second kappa shape index (κ2) is 22.9. The first kappa shape index (κ1) is 55.4. The molecule has 12 nitrogen and oxygen atoms in total. The zero-order valence-corrected chi connectivity index (χ0v) is 38.7. The zero-order chi connectivity index (χ0) is 43.7. The molecule has 12 atom stereocenters. The van der Waals surface area contributed by atoms with Gasteiger partial charge < -0.3 is 40.9 Å². The number of aliphatic hydroxyl groups excluding tert-OH is 4. The molecule has 4 aliphatic carbocycles. The van der Waals surface area contributed by atoms with E-state index in [-0.39, 0.29) is 45.4 Å². The average molecular weight is 849 g/mol. The van der Waals surface area contributed by atoms with Crippen LogP contribution in [0.3, 0.4) is 0 Å². The Labute approximate surface area is 357 Å². The van der Waals surface area contributed by atoms with E-state index in [1.54, 1.807) is 27.7 Å². The van der Waals surface area contributed by atoms with Gasteiger partial charge in [0.25, 0.3) is 0 Å². The van der Waals surface area contributed by atoms with Crippen LogP contribution in [0.4, 0.5) is 0 Å². The molecule has 13 heteroatoms. The second-order valence-corrected chi connectivity index (χ2v) is 20.3. The normalized spacial score (nSPS) is 38.0. The Balaban J connectivity index is 0.000000729. The number of rotatable bonds is 8. The summed E-state index contributed by atoms with van der Waals surface area (Å²) in [4.78, 5) is 43.9. The summed E-state index contributed by atoms with van der Waals surface area (Å²) < 4.78 is 0. The number of carboxylic acids is 4. The van der Waals surface area contributed by atoms with Crippen molar-refractivity contribution in [1.82, 2.24) is 0 Å². The Morgan fingerprint density at radius 2 is 0.526 bits per heavy atom. The first-order valence-corrected chi connectivity index (χ1v) is 21.1. The van der Waals surface area contributed by atoms with Crippen LogP contribution in [0.5, 0.6) is 0 Å². The molecule has 0 saturated heterocycles. The van der Waals surface area contributed by atoms with Gasteiger partial charge in [-0.1, -0.05) is 55.4 Å². The molecule has 0 aromatic carbocycles. The minimum atomic E-state index is -0.779. The van der Waals surface area contributed by atoms with Gasteiger partial charge in [0.1, 0.15) is 0 Å². The molecule has 8 N–H and O–H groups in total. The summed E-state index contributed by atoms with van der Waals surface area (Å²) in [6.07, 6.45) is 5.78. The first-order chi connectivity index (χ1) is 25.5. The van der Waals surface area contributed by atoms with Crippen LogP contribution >= 0.6 is 0 Å². The second-order valence-electron chi connectivity index (χ2n) is 20.3. The predicted octanol–water partition coefficient (Wildman–Crippen LogP) is 7.57. The molecule has 0 aliphatic heterocycles. The SMILES string of the molecule is CC(C)C1CCC(C)(C(=O)O)CC1O.CC(C)C1CCC(C)(C(=O)O)CC1O.CC(C)C1CCC(C)(C(=O)O)CC1O.CC(C)C1CCC(C)(C(=O)O)CC1O.[Ti]. The molecule has 0 aromatic heterocycles. The van der Waals surface area contributed by atoms with Crippen molar-refractivity contribution in [3.05, 3.63) is 0 Å². The van der Waals surface area contributed by atoms with Crippen molar-refractivity contribution in [2.75, 3.05) is 0 Å². The van der Waals surface area contributed by atoms with Crippen molar-refractivity contribution < 1.29 is 81.7 Å². The van der Waals surface area contributed by atoms with Crippen LogP contribution in [0.15, 0.2) is 0 Å². The molecule has 0 spiro atoms. The van der Waals surface area contributed by atoms with Crippen LogP contribution in [0.25, 0.3) is 0 Å². The Morgan fingerprint density at radius 1 is 0.386 bits per heavy atom. The fraction of sp³-hybridized carbons (Fsp3) is 0.909. The van der Waals surface area contributed by atoms with Crippen molar-refractivity contribution in [3.63, 3.8) is 0 Å². The fourth-order valence-corrected chi connectivity index (χ4v) is 9.46. The van der Waals surface area contributed by atoms with E-state index in [0.717, 1.165) is 25.7 Å². The summed E-state index contributed by atoms with van der Waals surface area (Å²) >= 11 is 0. The van der Waals surface area contributed by atoms with Crippen LogP contribution in [-0.4, -0.2) is 89.1 Å². The Bertz CT molecular complexity index is 1100. The molecule has 4 rings (SSSR count). The molecule has 0 heterocycles. The van der Waals surface area contributed by atoms with Crippen LogP contribution in [0, 0.1) is 69.0 Å². The maximum absolute atomic E-state index is 11.0. The van der Waals surface area contributed by atoms with Crippen molar-refractivity contribution in [1.29, 1.82) is 0 Å². The monoisotopic (exact) mass is 849 g/mol. The predicted molar refractivity (Wildman–Crippen MR) is 216 cm³/mol. The van der Waals surface area contributed by atoms with Gasteiger partial charge in [0.2, 0.25) is 0 Å². The third kappa shape index (κ3) is 15.4. The van der Waals surface area contributed by atoms with Gasteiger partial charge in [-0.05, 0) is 152 Å². The topological polar surface area (TPSA) is 230 Å². The van der Waals surface area contributed by atoms with Gasteiger partial charge in [-0.25, -0.2) is 0 Å². The van der Waals surface area contributed by atoms with Crippen LogP contribution in [-0.2, 0) is 40.9 Å². The van der Waals surface area contributed by atoms with Crippen LogP contribution in [0.1, 0.15) is 160 Å². The quantitative estimate of drug-likeness (QED) is 0.111. The maximum atomic E-state index is 11.0. The largest absolute Gasteiger partial charge is 0.481 e. The minimum Gasteiger partial charge on any atom is -0.481 e. The summed E-state index contributed by atoms with van der Waals surface area (Å²) in [5.41, 5.74) is -2.87. The van der Waals surface area contributed by atoms with Gasteiger partial charge >= 0.3 is 23.9 Å². The van der Waals surface area contributed by atoms with Crippen molar-refractivity contribution in [2.45, 2.75) is 185 Å². The summed E-state index contributed by atoms with van der Waals surface area (Å²) in [6, 6.07) is 0. The Hall–Kier alpha value is -1.57. The Kier molecular flexibility index (Phi) is 22.2. The number of hydrogen-bond donors (Lipinski definition) is 8. The summed E-state index contributed by atoms with van der Waals surface area (Å²) in [5, 5.41) is 75.6. The minimum absolute atomic E-state index is 0. The van der Waals surface area contributed by atoms with Gasteiger partial charge in [0.05, 0.1) is 46.1 Å². The molecule has 332 valence electrons. The van der Waals surface area contributed by atoms with E-state index in [0.29, 0.717) is 75.0 Å². The van der Waals surface area contributed by atoms with E-state index in [1.165, 1.54) is 0 Å². The molecule has 4 saturated carbocycles. The zero-order valence-electron chi connectivity index (χ0n) is 37.1. The fourth-order valence-electron chi connectivity index (χ4n) is 9.46. The molecule has 0 amide bonds. The Morgan fingerprint density at radius 3 is 0.614 bits per heavy atom. The maximum Gasteiger partial charge on any atom is 0.309 e. The van der Waals surface area contributed by atoms with Crippen LogP contribution < -0.4 is 0 Å². The number of carboxylic acid groups (broad SMARTS) is 4. The molecule has 0 radical (unpaired) electrons.